The zero-order valence-electron chi connectivity index (χ0n) is 18.1. The zero-order chi connectivity index (χ0) is 20.2. The molecule has 6 nitrogen and oxygen atoms in total. The Balaban J connectivity index is 0.00000420. The first-order chi connectivity index (χ1) is 13.6. The van der Waals surface area contributed by atoms with Gasteiger partial charge in [-0.1, -0.05) is 25.0 Å². The Hall–Kier alpha value is -1.35. The van der Waals surface area contributed by atoms with Crippen LogP contribution in [0.5, 0.6) is 0 Å². The number of carbonyl (C=O) groups is 1. The van der Waals surface area contributed by atoms with Crippen LogP contribution in [0.1, 0.15) is 51.5 Å². The highest BCUT2D eigenvalue weighted by atomic mass is 127. The van der Waals surface area contributed by atoms with Gasteiger partial charge in [0.25, 0.3) is 0 Å². The number of hydrogen-bond acceptors (Lipinski definition) is 3. The number of benzene rings is 1. The number of ether oxygens (including phenoxy) is 1. The van der Waals surface area contributed by atoms with Gasteiger partial charge in [-0.3, -0.25) is 9.79 Å². The molecule has 1 saturated carbocycles. The average molecular weight is 516 g/mol. The van der Waals surface area contributed by atoms with E-state index < -0.39 is 0 Å². The van der Waals surface area contributed by atoms with Gasteiger partial charge in [-0.25, -0.2) is 0 Å². The maximum atomic E-state index is 11.1. The molecule has 7 heteroatoms. The maximum absolute atomic E-state index is 11.1. The summed E-state index contributed by atoms with van der Waals surface area (Å²) in [5.74, 6) is 0.808. The number of amides is 1. The summed E-state index contributed by atoms with van der Waals surface area (Å²) < 4.78 is 5.60. The molecule has 0 atom stereocenters. The number of carbonyl (C=O) groups excluding carboxylic acids is 1. The van der Waals surface area contributed by atoms with E-state index in [1.165, 1.54) is 38.2 Å². The molecule has 29 heavy (non-hydrogen) atoms. The second-order valence-corrected chi connectivity index (χ2v) is 7.63. The fourth-order valence-corrected chi connectivity index (χ4v) is 3.85. The van der Waals surface area contributed by atoms with Crippen LogP contribution in [0.4, 0.5) is 5.69 Å². The first-order valence-corrected chi connectivity index (χ1v) is 10.5. The lowest BCUT2D eigenvalue weighted by Gasteiger charge is -2.30. The van der Waals surface area contributed by atoms with Crippen molar-refractivity contribution in [3.63, 3.8) is 0 Å². The summed E-state index contributed by atoms with van der Waals surface area (Å²) in [6.45, 7) is 6.97. The van der Waals surface area contributed by atoms with Gasteiger partial charge in [-0.2, -0.15) is 0 Å². The fraction of sp³-hybridized carbons (Fsp3) is 0.636. The van der Waals surface area contributed by atoms with Crippen LogP contribution in [0.15, 0.2) is 29.3 Å². The smallest absolute Gasteiger partial charge is 0.221 e. The molecule has 0 saturated heterocycles. The molecule has 1 aromatic rings. The van der Waals surface area contributed by atoms with Crippen molar-refractivity contribution in [2.45, 2.75) is 52.4 Å². The minimum absolute atomic E-state index is 0. The van der Waals surface area contributed by atoms with Gasteiger partial charge in [0.05, 0.1) is 0 Å². The van der Waals surface area contributed by atoms with Crippen molar-refractivity contribution in [3.05, 3.63) is 29.8 Å². The third kappa shape index (κ3) is 9.33. The normalized spacial score (nSPS) is 15.5. The lowest BCUT2D eigenvalue weighted by molar-refractivity contribution is -0.114. The molecule has 1 aromatic carbocycles. The molecular weight excluding hydrogens is 479 g/mol. The van der Waals surface area contributed by atoms with Crippen molar-refractivity contribution in [3.8, 4) is 0 Å². The molecule has 0 radical (unpaired) electrons. The molecule has 1 amide bonds. The number of nitrogens with one attached hydrogen (secondary N) is 3. The number of halogens is 1. The molecule has 1 aliphatic carbocycles. The highest BCUT2D eigenvalue weighted by Crippen LogP contribution is 2.40. The van der Waals surface area contributed by atoms with Crippen molar-refractivity contribution in [2.24, 2.45) is 10.4 Å². The van der Waals surface area contributed by atoms with Crippen LogP contribution in [0.3, 0.4) is 0 Å². The number of hydrogen-bond donors (Lipinski definition) is 3. The predicted molar refractivity (Wildman–Crippen MR) is 131 cm³/mol. The van der Waals surface area contributed by atoms with Crippen LogP contribution in [0, 0.1) is 5.41 Å². The first kappa shape index (κ1) is 25.7. The van der Waals surface area contributed by atoms with Crippen LogP contribution in [-0.4, -0.2) is 45.2 Å². The number of guanidine groups is 1. The summed E-state index contributed by atoms with van der Waals surface area (Å²) in [5, 5.41) is 9.73. The molecule has 0 bridgehead atoms. The maximum Gasteiger partial charge on any atom is 0.221 e. The summed E-state index contributed by atoms with van der Waals surface area (Å²) >= 11 is 0. The van der Waals surface area contributed by atoms with E-state index in [4.69, 9.17) is 4.74 Å². The van der Waals surface area contributed by atoms with E-state index in [2.05, 4.69) is 27.9 Å². The first-order valence-electron chi connectivity index (χ1n) is 10.5. The molecule has 3 N–H and O–H groups in total. The largest absolute Gasteiger partial charge is 0.382 e. The van der Waals surface area contributed by atoms with Crippen LogP contribution < -0.4 is 16.0 Å². The highest BCUT2D eigenvalue weighted by Gasteiger charge is 2.33. The van der Waals surface area contributed by atoms with Crippen molar-refractivity contribution in [1.82, 2.24) is 10.6 Å². The topological polar surface area (TPSA) is 74.8 Å². The molecular formula is C22H37IN4O2. The third-order valence-corrected chi connectivity index (χ3v) is 5.48. The van der Waals surface area contributed by atoms with Gasteiger partial charge in [-0.05, 0) is 55.7 Å². The number of nitrogens with zero attached hydrogens (tertiary/aromatic N) is 1. The van der Waals surface area contributed by atoms with Gasteiger partial charge in [-0.15, -0.1) is 24.0 Å². The van der Waals surface area contributed by atoms with E-state index in [0.29, 0.717) is 5.41 Å². The van der Waals surface area contributed by atoms with Crippen LogP contribution in [-0.2, 0) is 16.0 Å². The van der Waals surface area contributed by atoms with E-state index in [1.807, 2.05) is 31.3 Å². The van der Waals surface area contributed by atoms with E-state index >= 15 is 0 Å². The van der Waals surface area contributed by atoms with Crippen molar-refractivity contribution in [2.75, 3.05) is 38.7 Å². The Bertz CT molecular complexity index is 628. The molecule has 2 rings (SSSR count). The minimum Gasteiger partial charge on any atom is -0.382 e. The summed E-state index contributed by atoms with van der Waals surface area (Å²) in [6, 6.07) is 7.97. The summed E-state index contributed by atoms with van der Waals surface area (Å²) in [7, 11) is 1.82. The third-order valence-electron chi connectivity index (χ3n) is 5.48. The zero-order valence-corrected chi connectivity index (χ0v) is 20.4. The molecule has 0 aromatic heterocycles. The van der Waals surface area contributed by atoms with Gasteiger partial charge in [0.1, 0.15) is 0 Å². The minimum atomic E-state index is -0.0504. The molecule has 1 aliphatic rings. The molecule has 0 unspecified atom stereocenters. The van der Waals surface area contributed by atoms with Gasteiger partial charge in [0.15, 0.2) is 5.96 Å². The van der Waals surface area contributed by atoms with E-state index in [-0.39, 0.29) is 29.9 Å². The Morgan fingerprint density at radius 2 is 1.86 bits per heavy atom. The average Bonchev–Trinajstić information content (AvgIpc) is 3.15. The molecule has 164 valence electrons. The number of rotatable bonds is 10. The standard InChI is InChI=1S/C22H36N4O2.HI/c1-4-28-16-14-22(12-5-6-13-22)17-25-21(23-3)24-15-11-19-7-9-20(10-8-19)26-18(2)27;/h7-10H,4-6,11-17H2,1-3H3,(H,26,27)(H2,23,24,25);1H. The lowest BCUT2D eigenvalue weighted by atomic mass is 9.83. The molecule has 0 heterocycles. The number of aliphatic imine (C=N–C) groups is 1. The van der Waals surface area contributed by atoms with Crippen molar-refractivity contribution in [1.29, 1.82) is 0 Å². The van der Waals surface area contributed by atoms with Gasteiger partial charge < -0.3 is 20.7 Å². The molecule has 0 spiro atoms. The van der Waals surface area contributed by atoms with Crippen LogP contribution in [0.25, 0.3) is 0 Å². The highest BCUT2D eigenvalue weighted by molar-refractivity contribution is 14.0. The second kappa shape index (κ2) is 13.8. The summed E-state index contributed by atoms with van der Waals surface area (Å²) in [4.78, 5) is 15.5. The molecule has 0 aliphatic heterocycles. The van der Waals surface area contributed by atoms with E-state index in [0.717, 1.165) is 50.8 Å². The van der Waals surface area contributed by atoms with Crippen molar-refractivity contribution < 1.29 is 9.53 Å². The lowest BCUT2D eigenvalue weighted by Crippen LogP contribution is -2.44. The quantitative estimate of drug-likeness (QED) is 0.191. The summed E-state index contributed by atoms with van der Waals surface area (Å²) in [5.41, 5.74) is 2.39. The fourth-order valence-electron chi connectivity index (χ4n) is 3.85. The number of anilines is 1. The second-order valence-electron chi connectivity index (χ2n) is 7.63. The van der Waals surface area contributed by atoms with Gasteiger partial charge in [0, 0.05) is 46.0 Å². The Morgan fingerprint density at radius 3 is 2.45 bits per heavy atom. The Labute approximate surface area is 192 Å². The van der Waals surface area contributed by atoms with Gasteiger partial charge >= 0.3 is 0 Å². The van der Waals surface area contributed by atoms with Gasteiger partial charge in [0.2, 0.25) is 5.91 Å². The SMILES string of the molecule is CCOCCC1(CNC(=NC)NCCc2ccc(NC(C)=O)cc2)CCCC1.I. The summed E-state index contributed by atoms with van der Waals surface area (Å²) in [6.07, 6.45) is 7.18. The van der Waals surface area contributed by atoms with Crippen molar-refractivity contribution >= 4 is 41.5 Å². The van der Waals surface area contributed by atoms with E-state index in [1.54, 1.807) is 0 Å². The van der Waals surface area contributed by atoms with Crippen LogP contribution in [0.2, 0.25) is 0 Å². The monoisotopic (exact) mass is 516 g/mol. The van der Waals surface area contributed by atoms with Crippen LogP contribution >= 0.6 is 24.0 Å². The van der Waals surface area contributed by atoms with E-state index in [9.17, 15) is 4.79 Å². The Kier molecular flexibility index (Phi) is 12.2. The predicted octanol–water partition coefficient (Wildman–Crippen LogP) is 3.96. The Morgan fingerprint density at radius 1 is 1.17 bits per heavy atom. The molecule has 1 fully saturated rings.